The molecule has 7 nitrogen and oxygen atoms in total. The average Bonchev–Trinajstić information content (AvgIpc) is 3.20. The number of fused-ring (bicyclic) bond motifs is 1. The molecule has 140 valence electrons. The lowest BCUT2D eigenvalue weighted by molar-refractivity contribution is -0.00311. The molecule has 27 heavy (non-hydrogen) atoms. The number of ether oxygens (including phenoxy) is 2. The minimum absolute atomic E-state index is 0.0735. The number of hydrogen-bond donors (Lipinski definition) is 0. The molecule has 1 aliphatic rings. The Bertz CT molecular complexity index is 934. The fraction of sp³-hybridized carbons (Fsp3) is 0.350. The molecule has 0 saturated carbocycles. The lowest BCUT2D eigenvalue weighted by atomic mass is 10.1. The number of carbonyl (C=O) groups excluding carboxylic acids is 1. The van der Waals surface area contributed by atoms with E-state index in [9.17, 15) is 4.79 Å². The van der Waals surface area contributed by atoms with Gasteiger partial charge < -0.3 is 18.8 Å². The second kappa shape index (κ2) is 7.75. The first kappa shape index (κ1) is 17.5. The number of aromatic nitrogens is 2. The van der Waals surface area contributed by atoms with Crippen molar-refractivity contribution in [2.75, 3.05) is 19.8 Å². The third-order valence-electron chi connectivity index (χ3n) is 4.68. The first-order valence-corrected chi connectivity index (χ1v) is 9.06. The normalized spacial score (nSPS) is 17.2. The van der Waals surface area contributed by atoms with E-state index in [1.165, 1.54) is 6.26 Å². The van der Waals surface area contributed by atoms with Gasteiger partial charge in [-0.15, -0.1) is 0 Å². The van der Waals surface area contributed by atoms with Crippen LogP contribution in [0.15, 0.2) is 47.2 Å². The van der Waals surface area contributed by atoms with Crippen molar-refractivity contribution in [1.29, 1.82) is 0 Å². The second-order valence-corrected chi connectivity index (χ2v) is 6.38. The molecule has 0 unspecified atom stereocenters. The van der Waals surface area contributed by atoms with Gasteiger partial charge in [0.2, 0.25) is 5.89 Å². The molecule has 1 atom stereocenters. The van der Waals surface area contributed by atoms with Crippen LogP contribution in [0.5, 0.6) is 5.75 Å². The molecule has 1 fully saturated rings. The number of amides is 1. The molecule has 0 N–H and O–H groups in total. The fourth-order valence-electron chi connectivity index (χ4n) is 3.22. The topological polar surface area (TPSA) is 77.7 Å². The van der Waals surface area contributed by atoms with E-state index in [0.29, 0.717) is 37.1 Å². The Morgan fingerprint density at radius 1 is 1.33 bits per heavy atom. The Morgan fingerprint density at radius 3 is 3.11 bits per heavy atom. The number of morpholine rings is 1. The highest BCUT2D eigenvalue weighted by atomic mass is 16.5. The Labute approximate surface area is 156 Å². The Hall–Kier alpha value is -2.93. The summed E-state index contributed by atoms with van der Waals surface area (Å²) in [5.74, 6) is 0.873. The van der Waals surface area contributed by atoms with E-state index >= 15 is 0 Å². The van der Waals surface area contributed by atoms with Crippen LogP contribution in [0.25, 0.3) is 10.9 Å². The summed E-state index contributed by atoms with van der Waals surface area (Å²) in [6.07, 6.45) is 3.96. The van der Waals surface area contributed by atoms with Crippen molar-refractivity contribution in [3.05, 3.63) is 54.4 Å². The van der Waals surface area contributed by atoms with Gasteiger partial charge in [-0.25, -0.2) is 4.98 Å². The maximum atomic E-state index is 12.7. The molecule has 2 aromatic heterocycles. The number of carbonyl (C=O) groups is 1. The molecule has 3 heterocycles. The lowest BCUT2D eigenvalue weighted by Gasteiger charge is -2.34. The highest BCUT2D eigenvalue weighted by Crippen LogP contribution is 2.24. The average molecular weight is 367 g/mol. The summed E-state index contributed by atoms with van der Waals surface area (Å²) in [6, 6.07) is 9.67. The Morgan fingerprint density at radius 2 is 2.22 bits per heavy atom. The Balaban J connectivity index is 1.45. The van der Waals surface area contributed by atoms with Crippen LogP contribution in [0.3, 0.4) is 0 Å². The van der Waals surface area contributed by atoms with Gasteiger partial charge in [-0.1, -0.05) is 25.1 Å². The number of benzene rings is 1. The first-order chi connectivity index (χ1) is 13.3. The molecule has 1 aliphatic heterocycles. The van der Waals surface area contributed by atoms with Crippen molar-refractivity contribution < 1.29 is 18.7 Å². The predicted molar refractivity (Wildman–Crippen MR) is 98.5 cm³/mol. The number of para-hydroxylation sites is 1. The summed E-state index contributed by atoms with van der Waals surface area (Å²) in [4.78, 5) is 23.2. The SMILES string of the molecule is CC[C@H]1COCCN1C(=O)c1coc(COc2cccc3cccnc23)n1. The van der Waals surface area contributed by atoms with Gasteiger partial charge in [-0.3, -0.25) is 9.78 Å². The molecular formula is C20H21N3O4. The highest BCUT2D eigenvalue weighted by Gasteiger charge is 2.28. The summed E-state index contributed by atoms with van der Waals surface area (Å²) in [7, 11) is 0. The summed E-state index contributed by atoms with van der Waals surface area (Å²) in [5, 5.41) is 0.996. The zero-order chi connectivity index (χ0) is 18.6. The first-order valence-electron chi connectivity index (χ1n) is 9.06. The van der Waals surface area contributed by atoms with Crippen LogP contribution in [-0.4, -0.2) is 46.6 Å². The summed E-state index contributed by atoms with van der Waals surface area (Å²) in [6.45, 7) is 3.84. The van der Waals surface area contributed by atoms with Gasteiger partial charge in [0.05, 0.1) is 19.3 Å². The smallest absolute Gasteiger partial charge is 0.276 e. The van der Waals surface area contributed by atoms with E-state index in [4.69, 9.17) is 13.9 Å². The van der Waals surface area contributed by atoms with Gasteiger partial charge in [0, 0.05) is 18.1 Å². The van der Waals surface area contributed by atoms with Gasteiger partial charge in [0.25, 0.3) is 5.91 Å². The molecule has 1 saturated heterocycles. The van der Waals surface area contributed by atoms with Crippen LogP contribution >= 0.6 is 0 Å². The van der Waals surface area contributed by atoms with Crippen molar-refractivity contribution >= 4 is 16.8 Å². The molecule has 0 spiro atoms. The predicted octanol–water partition coefficient (Wildman–Crippen LogP) is 3.05. The molecule has 7 heteroatoms. The van der Waals surface area contributed by atoms with Gasteiger partial charge in [0.1, 0.15) is 17.5 Å². The van der Waals surface area contributed by atoms with Crippen molar-refractivity contribution in [2.45, 2.75) is 26.0 Å². The number of nitrogens with zero attached hydrogens (tertiary/aromatic N) is 3. The van der Waals surface area contributed by atoms with Crippen LogP contribution in [0.4, 0.5) is 0 Å². The minimum atomic E-state index is -0.132. The number of rotatable bonds is 5. The van der Waals surface area contributed by atoms with Crippen LogP contribution in [0.1, 0.15) is 29.7 Å². The minimum Gasteiger partial charge on any atom is -0.482 e. The van der Waals surface area contributed by atoms with Gasteiger partial charge >= 0.3 is 0 Å². The van der Waals surface area contributed by atoms with Gasteiger partial charge in [0.15, 0.2) is 12.3 Å². The van der Waals surface area contributed by atoms with Crippen LogP contribution < -0.4 is 4.74 Å². The number of oxazole rings is 1. The van der Waals surface area contributed by atoms with Crippen LogP contribution in [-0.2, 0) is 11.3 Å². The van der Waals surface area contributed by atoms with Gasteiger partial charge in [-0.2, -0.15) is 0 Å². The summed E-state index contributed by atoms with van der Waals surface area (Å²) < 4.78 is 16.7. The zero-order valence-corrected chi connectivity index (χ0v) is 15.1. The quantitative estimate of drug-likeness (QED) is 0.690. The van der Waals surface area contributed by atoms with E-state index in [1.807, 2.05) is 37.3 Å². The van der Waals surface area contributed by atoms with Crippen LogP contribution in [0, 0.1) is 0 Å². The summed E-state index contributed by atoms with van der Waals surface area (Å²) in [5.41, 5.74) is 1.08. The molecule has 1 amide bonds. The van der Waals surface area contributed by atoms with E-state index in [-0.39, 0.29) is 18.6 Å². The molecule has 0 aliphatic carbocycles. The lowest BCUT2D eigenvalue weighted by Crippen LogP contribution is -2.48. The van der Waals surface area contributed by atoms with E-state index in [2.05, 4.69) is 9.97 Å². The molecule has 4 rings (SSSR count). The standard InChI is InChI=1S/C20H21N3O4/c1-2-15-11-25-10-9-23(15)20(24)16-12-27-18(22-16)13-26-17-7-3-5-14-6-4-8-21-19(14)17/h3-8,12,15H,2,9-11,13H2,1H3/t15-/m0/s1. The van der Waals surface area contributed by atoms with E-state index in [0.717, 1.165) is 17.3 Å². The largest absolute Gasteiger partial charge is 0.482 e. The second-order valence-electron chi connectivity index (χ2n) is 6.38. The van der Waals surface area contributed by atoms with Crippen molar-refractivity contribution in [1.82, 2.24) is 14.9 Å². The third-order valence-corrected chi connectivity index (χ3v) is 4.68. The molecule has 1 aromatic carbocycles. The zero-order valence-electron chi connectivity index (χ0n) is 15.1. The summed E-state index contributed by atoms with van der Waals surface area (Å²) >= 11 is 0. The molecule has 0 radical (unpaired) electrons. The number of hydrogen-bond acceptors (Lipinski definition) is 6. The van der Waals surface area contributed by atoms with Gasteiger partial charge in [-0.05, 0) is 18.6 Å². The number of pyridine rings is 1. The van der Waals surface area contributed by atoms with E-state index < -0.39 is 0 Å². The maximum absolute atomic E-state index is 12.7. The molecule has 0 bridgehead atoms. The monoisotopic (exact) mass is 367 g/mol. The van der Waals surface area contributed by atoms with Crippen molar-refractivity contribution in [3.63, 3.8) is 0 Å². The van der Waals surface area contributed by atoms with Crippen molar-refractivity contribution in [3.8, 4) is 5.75 Å². The third kappa shape index (κ3) is 3.64. The van der Waals surface area contributed by atoms with E-state index in [1.54, 1.807) is 11.1 Å². The molecular weight excluding hydrogens is 346 g/mol. The molecule has 3 aromatic rings. The fourth-order valence-corrected chi connectivity index (χ4v) is 3.22. The highest BCUT2D eigenvalue weighted by molar-refractivity contribution is 5.92. The Kier molecular flexibility index (Phi) is 5.02. The maximum Gasteiger partial charge on any atom is 0.276 e. The van der Waals surface area contributed by atoms with Crippen LogP contribution in [0.2, 0.25) is 0 Å². The van der Waals surface area contributed by atoms with Crippen molar-refractivity contribution in [2.24, 2.45) is 0 Å².